The van der Waals surface area contributed by atoms with Gasteiger partial charge in [0.2, 0.25) is 0 Å². The molecule has 1 aromatic heterocycles. The van der Waals surface area contributed by atoms with Crippen molar-refractivity contribution in [1.29, 1.82) is 0 Å². The van der Waals surface area contributed by atoms with E-state index in [1.54, 1.807) is 6.92 Å². The monoisotopic (exact) mass is 261 g/mol. The molecule has 1 heterocycles. The molecule has 0 aliphatic rings. The maximum absolute atomic E-state index is 11.3. The van der Waals surface area contributed by atoms with Crippen LogP contribution in [0.2, 0.25) is 0 Å². The zero-order valence-electron chi connectivity index (χ0n) is 8.52. The molecule has 3 N–H and O–H groups in total. The minimum atomic E-state index is -3.54. The molecule has 0 fully saturated rings. The first-order chi connectivity index (χ1) is 7.57. The van der Waals surface area contributed by atoms with Crippen molar-refractivity contribution in [2.45, 2.75) is 6.92 Å². The van der Waals surface area contributed by atoms with Gasteiger partial charge in [0.05, 0.1) is 11.1 Å². The van der Waals surface area contributed by atoms with Gasteiger partial charge in [0.1, 0.15) is 6.61 Å². The summed E-state index contributed by atoms with van der Waals surface area (Å²) < 4.78 is 27.1. The Morgan fingerprint density at radius 3 is 3.00 bits per heavy atom. The maximum Gasteiger partial charge on any atom is 0.300 e. The third kappa shape index (κ3) is 4.16. The third-order valence-electron chi connectivity index (χ3n) is 1.35. The fraction of sp³-hybridized carbons (Fsp3) is 0.375. The fourth-order valence-corrected chi connectivity index (χ4v) is 2.62. The molecule has 0 saturated heterocycles. The molecule has 88 valence electrons. The van der Waals surface area contributed by atoms with Crippen molar-refractivity contribution in [3.05, 3.63) is 11.1 Å². The lowest BCUT2D eigenvalue weighted by molar-refractivity contribution is 0.350. The van der Waals surface area contributed by atoms with Crippen LogP contribution in [-0.4, -0.2) is 31.7 Å². The second kappa shape index (κ2) is 5.81. The highest BCUT2D eigenvalue weighted by atomic mass is 32.2. The molecule has 1 rings (SSSR count). The normalized spacial score (nSPS) is 10.6. The lowest BCUT2D eigenvalue weighted by atomic mass is 10.5. The lowest BCUT2D eigenvalue weighted by Gasteiger charge is -2.03. The fourth-order valence-electron chi connectivity index (χ4n) is 0.847. The predicted octanol–water partition coefficient (Wildman–Crippen LogP) is -0.247. The summed E-state index contributed by atoms with van der Waals surface area (Å²) >= 11 is 1.10. The van der Waals surface area contributed by atoms with Gasteiger partial charge in [0.15, 0.2) is 5.13 Å². The van der Waals surface area contributed by atoms with Crippen LogP contribution in [0.1, 0.15) is 11.8 Å². The Hall–Kier alpha value is -1.14. The number of aromatic nitrogens is 1. The van der Waals surface area contributed by atoms with E-state index in [2.05, 4.69) is 26.3 Å². The first kappa shape index (κ1) is 12.9. The van der Waals surface area contributed by atoms with Crippen LogP contribution in [0.5, 0.6) is 0 Å². The molecule has 8 heteroatoms. The largest absolute Gasteiger partial charge is 0.384 e. The van der Waals surface area contributed by atoms with Gasteiger partial charge in [-0.3, -0.25) is 0 Å². The number of aliphatic hydroxyl groups is 1. The minimum Gasteiger partial charge on any atom is -0.384 e. The third-order valence-corrected chi connectivity index (χ3v) is 3.44. The Labute approximate surface area is 97.9 Å². The zero-order valence-corrected chi connectivity index (χ0v) is 10.2. The molecule has 0 amide bonds. The zero-order chi connectivity index (χ0) is 12.0. The molecule has 1 aromatic rings. The van der Waals surface area contributed by atoms with Crippen molar-refractivity contribution in [2.75, 3.05) is 17.9 Å². The van der Waals surface area contributed by atoms with E-state index in [9.17, 15) is 8.42 Å². The summed E-state index contributed by atoms with van der Waals surface area (Å²) in [5.74, 6) is 5.08. The second-order valence-electron chi connectivity index (χ2n) is 2.59. The summed E-state index contributed by atoms with van der Waals surface area (Å²) in [6.45, 7) is 1.74. The molecule has 0 aliphatic carbocycles. The quantitative estimate of drug-likeness (QED) is 0.652. The van der Waals surface area contributed by atoms with Crippen molar-refractivity contribution in [1.82, 2.24) is 9.71 Å². The molecule has 0 atom stereocenters. The van der Waals surface area contributed by atoms with Gasteiger partial charge < -0.3 is 5.11 Å². The number of rotatable bonds is 4. The average Bonchev–Trinajstić information content (AvgIpc) is 2.61. The standard InChI is InChI=1S/C8H11N3O3S2/c1-2-10-16(13,14)11-8-9-6-7(15-8)4-3-5-12/h6,10,12H,2,5H2,1H3,(H,9,11). The van der Waals surface area contributed by atoms with Crippen molar-refractivity contribution >= 4 is 26.7 Å². The highest BCUT2D eigenvalue weighted by Crippen LogP contribution is 2.17. The van der Waals surface area contributed by atoms with E-state index in [4.69, 9.17) is 5.11 Å². The molecular weight excluding hydrogens is 250 g/mol. The summed E-state index contributed by atoms with van der Waals surface area (Å²) in [5.41, 5.74) is 0. The molecule has 0 aromatic carbocycles. The molecule has 0 unspecified atom stereocenters. The van der Waals surface area contributed by atoms with Gasteiger partial charge in [-0.25, -0.2) is 9.71 Å². The Bertz CT molecular complexity index is 498. The van der Waals surface area contributed by atoms with E-state index in [1.165, 1.54) is 6.20 Å². The van der Waals surface area contributed by atoms with Gasteiger partial charge in [-0.15, -0.1) is 0 Å². The molecule has 0 radical (unpaired) electrons. The number of nitrogens with zero attached hydrogens (tertiary/aromatic N) is 1. The van der Waals surface area contributed by atoms with Gasteiger partial charge in [-0.1, -0.05) is 30.1 Å². The molecule has 0 aliphatic heterocycles. The lowest BCUT2D eigenvalue weighted by Crippen LogP contribution is -2.29. The van der Waals surface area contributed by atoms with Crippen LogP contribution in [0.3, 0.4) is 0 Å². The highest BCUT2D eigenvalue weighted by molar-refractivity contribution is 7.91. The number of hydrogen-bond donors (Lipinski definition) is 3. The van der Waals surface area contributed by atoms with Crippen LogP contribution in [0, 0.1) is 11.8 Å². The van der Waals surface area contributed by atoms with E-state index in [1.807, 2.05) is 0 Å². The number of anilines is 1. The Morgan fingerprint density at radius 2 is 2.38 bits per heavy atom. The SMILES string of the molecule is CCNS(=O)(=O)Nc1ncc(C#CCO)s1. The number of aliphatic hydroxyl groups excluding tert-OH is 1. The van der Waals surface area contributed by atoms with Crippen LogP contribution < -0.4 is 9.44 Å². The molecule has 0 bridgehead atoms. The first-order valence-electron chi connectivity index (χ1n) is 4.40. The topological polar surface area (TPSA) is 91.3 Å². The summed E-state index contributed by atoms with van der Waals surface area (Å²) in [6, 6.07) is 0. The number of nitrogens with one attached hydrogen (secondary N) is 2. The summed E-state index contributed by atoms with van der Waals surface area (Å²) in [6.07, 6.45) is 1.44. The Balaban J connectivity index is 2.72. The van der Waals surface area contributed by atoms with E-state index in [0.717, 1.165) is 11.3 Å². The van der Waals surface area contributed by atoms with Gasteiger partial charge in [-0.2, -0.15) is 13.1 Å². The van der Waals surface area contributed by atoms with Crippen LogP contribution in [-0.2, 0) is 10.2 Å². The van der Waals surface area contributed by atoms with Gasteiger partial charge in [0, 0.05) is 6.54 Å². The van der Waals surface area contributed by atoms with E-state index in [0.29, 0.717) is 11.4 Å². The molecule has 16 heavy (non-hydrogen) atoms. The van der Waals surface area contributed by atoms with Crippen LogP contribution >= 0.6 is 11.3 Å². The van der Waals surface area contributed by atoms with Crippen molar-refractivity contribution in [3.8, 4) is 11.8 Å². The average molecular weight is 261 g/mol. The summed E-state index contributed by atoms with van der Waals surface area (Å²) in [5, 5.41) is 8.72. The molecule has 0 spiro atoms. The maximum atomic E-state index is 11.3. The van der Waals surface area contributed by atoms with Gasteiger partial charge >= 0.3 is 10.2 Å². The highest BCUT2D eigenvalue weighted by Gasteiger charge is 2.10. The smallest absolute Gasteiger partial charge is 0.300 e. The second-order valence-corrected chi connectivity index (χ2v) is 5.12. The van der Waals surface area contributed by atoms with Crippen molar-refractivity contribution in [2.24, 2.45) is 0 Å². The Morgan fingerprint density at radius 1 is 1.62 bits per heavy atom. The molecule has 0 saturated carbocycles. The predicted molar refractivity (Wildman–Crippen MR) is 62.3 cm³/mol. The van der Waals surface area contributed by atoms with E-state index < -0.39 is 10.2 Å². The number of hydrogen-bond acceptors (Lipinski definition) is 5. The van der Waals surface area contributed by atoms with E-state index in [-0.39, 0.29) is 11.7 Å². The van der Waals surface area contributed by atoms with Crippen molar-refractivity contribution < 1.29 is 13.5 Å². The van der Waals surface area contributed by atoms with Crippen molar-refractivity contribution in [3.63, 3.8) is 0 Å². The van der Waals surface area contributed by atoms with E-state index >= 15 is 0 Å². The first-order valence-corrected chi connectivity index (χ1v) is 6.70. The summed E-state index contributed by atoms with van der Waals surface area (Å²) in [7, 11) is -3.54. The van der Waals surface area contributed by atoms with Crippen LogP contribution in [0.25, 0.3) is 0 Å². The minimum absolute atomic E-state index is 0.239. The Kier molecular flexibility index (Phi) is 4.70. The van der Waals surface area contributed by atoms with Crippen LogP contribution in [0.4, 0.5) is 5.13 Å². The van der Waals surface area contributed by atoms with Crippen LogP contribution in [0.15, 0.2) is 6.20 Å². The number of thiazole rings is 1. The van der Waals surface area contributed by atoms with Gasteiger partial charge in [-0.05, 0) is 0 Å². The molecule has 6 nitrogen and oxygen atoms in total. The summed E-state index contributed by atoms with van der Waals surface area (Å²) in [4.78, 5) is 4.43. The van der Waals surface area contributed by atoms with Gasteiger partial charge in [0.25, 0.3) is 0 Å². The molecular formula is C8H11N3O3S2.